The van der Waals surface area contributed by atoms with Gasteiger partial charge in [-0.1, -0.05) is 36.4 Å². The number of hydrazone groups is 1. The van der Waals surface area contributed by atoms with Crippen molar-refractivity contribution in [1.29, 1.82) is 0 Å². The number of nitrogens with zero attached hydrogens (tertiary/aromatic N) is 3. The molecule has 0 spiro atoms. The van der Waals surface area contributed by atoms with Gasteiger partial charge in [-0.3, -0.25) is 9.69 Å². The van der Waals surface area contributed by atoms with E-state index in [1.54, 1.807) is 30.6 Å². The zero-order chi connectivity index (χ0) is 24.9. The highest BCUT2D eigenvalue weighted by Gasteiger charge is 2.35. The molecule has 1 amide bonds. The van der Waals surface area contributed by atoms with Gasteiger partial charge in [-0.05, 0) is 67.4 Å². The standard InChI is InChI=1S/C29H33N3O3S/c1-34-23-10-11-24(27(18-23)35-2)25-19-26(28-9-6-16-36-28)32(30-25)29(33)20-31-14-12-22(13-15-31)17-21-7-4-3-5-8-21/h3-11,16,18,22,26H,12-15,17,19-20H2,1-2H3. The number of likely N-dealkylation sites (tertiary alicyclic amines) is 1. The highest BCUT2D eigenvalue weighted by molar-refractivity contribution is 7.10. The molecule has 188 valence electrons. The molecule has 3 aromatic rings. The number of piperidine rings is 1. The molecule has 5 rings (SSSR count). The van der Waals surface area contributed by atoms with E-state index < -0.39 is 0 Å². The molecule has 0 bridgehead atoms. The molecule has 0 aliphatic carbocycles. The van der Waals surface area contributed by atoms with Gasteiger partial charge in [-0.25, -0.2) is 5.01 Å². The number of methoxy groups -OCH3 is 2. The summed E-state index contributed by atoms with van der Waals surface area (Å²) < 4.78 is 11.0. The van der Waals surface area contributed by atoms with Crippen LogP contribution in [0.3, 0.4) is 0 Å². The SMILES string of the molecule is COc1ccc(C2=NN(C(=O)CN3CCC(Cc4ccccc4)CC3)C(c3cccs3)C2)c(OC)c1. The van der Waals surface area contributed by atoms with E-state index in [4.69, 9.17) is 14.6 Å². The maximum Gasteiger partial charge on any atom is 0.257 e. The zero-order valence-electron chi connectivity index (χ0n) is 20.9. The Bertz CT molecular complexity index is 1190. The van der Waals surface area contributed by atoms with Crippen LogP contribution in [0.15, 0.2) is 71.1 Å². The molecule has 2 aliphatic rings. The predicted octanol–water partition coefficient (Wildman–Crippen LogP) is 5.40. The maximum atomic E-state index is 13.6. The topological polar surface area (TPSA) is 54.4 Å². The molecule has 3 heterocycles. The van der Waals surface area contributed by atoms with Gasteiger partial charge in [-0.15, -0.1) is 11.3 Å². The maximum absolute atomic E-state index is 13.6. The normalized spacial score (nSPS) is 18.8. The second-order valence-electron chi connectivity index (χ2n) is 9.50. The minimum Gasteiger partial charge on any atom is -0.497 e. The van der Waals surface area contributed by atoms with Crippen molar-refractivity contribution in [3.05, 3.63) is 82.0 Å². The fraction of sp³-hybridized carbons (Fsp3) is 0.379. The molecule has 0 radical (unpaired) electrons. The molecule has 0 N–H and O–H groups in total. The van der Waals surface area contributed by atoms with Crippen LogP contribution in [0.5, 0.6) is 11.5 Å². The third kappa shape index (κ3) is 5.47. The average molecular weight is 504 g/mol. The van der Waals surface area contributed by atoms with Gasteiger partial charge in [0.1, 0.15) is 11.5 Å². The lowest BCUT2D eigenvalue weighted by molar-refractivity contribution is -0.134. The first-order valence-corrected chi connectivity index (χ1v) is 13.4. The van der Waals surface area contributed by atoms with E-state index in [0.29, 0.717) is 24.6 Å². The second kappa shape index (κ2) is 11.3. The third-order valence-electron chi connectivity index (χ3n) is 7.19. The number of carbonyl (C=O) groups excluding carboxylic acids is 1. The van der Waals surface area contributed by atoms with E-state index in [9.17, 15) is 4.79 Å². The van der Waals surface area contributed by atoms with E-state index in [2.05, 4.69) is 46.7 Å². The molecule has 7 heteroatoms. The van der Waals surface area contributed by atoms with Crippen LogP contribution in [0.25, 0.3) is 0 Å². The number of hydrogen-bond donors (Lipinski definition) is 0. The number of amides is 1. The Labute approximate surface area is 217 Å². The van der Waals surface area contributed by atoms with Crippen molar-refractivity contribution in [2.45, 2.75) is 31.7 Å². The summed E-state index contributed by atoms with van der Waals surface area (Å²) in [6, 6.07) is 20.5. The van der Waals surface area contributed by atoms with Crippen molar-refractivity contribution in [3.63, 3.8) is 0 Å². The van der Waals surface area contributed by atoms with Crippen molar-refractivity contribution in [1.82, 2.24) is 9.91 Å². The average Bonchev–Trinajstić information content (AvgIpc) is 3.60. The number of benzene rings is 2. The summed E-state index contributed by atoms with van der Waals surface area (Å²) in [5.74, 6) is 2.16. The first-order valence-electron chi connectivity index (χ1n) is 12.6. The monoisotopic (exact) mass is 503 g/mol. The highest BCUT2D eigenvalue weighted by Crippen LogP contribution is 2.38. The quantitative estimate of drug-likeness (QED) is 0.413. The van der Waals surface area contributed by atoms with Crippen LogP contribution in [0.2, 0.25) is 0 Å². The van der Waals surface area contributed by atoms with Crippen molar-refractivity contribution >= 4 is 23.0 Å². The molecule has 2 aliphatic heterocycles. The molecule has 0 saturated carbocycles. The van der Waals surface area contributed by atoms with Crippen LogP contribution in [-0.2, 0) is 11.2 Å². The van der Waals surface area contributed by atoms with Gasteiger partial charge in [0.15, 0.2) is 0 Å². The Morgan fingerprint density at radius 3 is 2.53 bits per heavy atom. The first-order chi connectivity index (χ1) is 17.6. The number of ether oxygens (including phenoxy) is 2. The summed E-state index contributed by atoms with van der Waals surface area (Å²) in [6.07, 6.45) is 4.02. The molecule has 1 atom stereocenters. The fourth-order valence-corrected chi connectivity index (χ4v) is 6.01. The summed E-state index contributed by atoms with van der Waals surface area (Å²) in [4.78, 5) is 17.0. The molecule has 6 nitrogen and oxygen atoms in total. The zero-order valence-corrected chi connectivity index (χ0v) is 21.7. The van der Waals surface area contributed by atoms with E-state index in [1.807, 2.05) is 24.3 Å². The molecular weight excluding hydrogens is 470 g/mol. The lowest BCUT2D eigenvalue weighted by Gasteiger charge is -2.32. The summed E-state index contributed by atoms with van der Waals surface area (Å²) in [6.45, 7) is 2.30. The van der Waals surface area contributed by atoms with Gasteiger partial charge in [-0.2, -0.15) is 5.10 Å². The number of hydrogen-bond acceptors (Lipinski definition) is 6. The Kier molecular flexibility index (Phi) is 7.68. The van der Waals surface area contributed by atoms with Crippen LogP contribution in [-0.4, -0.2) is 55.4 Å². The van der Waals surface area contributed by atoms with Gasteiger partial charge in [0.05, 0.1) is 32.5 Å². The largest absolute Gasteiger partial charge is 0.497 e. The summed E-state index contributed by atoms with van der Waals surface area (Å²) in [7, 11) is 3.29. The summed E-state index contributed by atoms with van der Waals surface area (Å²) >= 11 is 1.67. The predicted molar refractivity (Wildman–Crippen MR) is 144 cm³/mol. The van der Waals surface area contributed by atoms with Crippen LogP contribution in [0.4, 0.5) is 0 Å². The van der Waals surface area contributed by atoms with E-state index in [1.165, 1.54) is 5.56 Å². The van der Waals surface area contributed by atoms with Crippen molar-refractivity contribution in [3.8, 4) is 11.5 Å². The minimum atomic E-state index is -0.0880. The van der Waals surface area contributed by atoms with Gasteiger partial charge in [0.2, 0.25) is 0 Å². The van der Waals surface area contributed by atoms with Gasteiger partial charge >= 0.3 is 0 Å². The number of carbonyl (C=O) groups is 1. The number of rotatable bonds is 8. The molecule has 1 fully saturated rings. The second-order valence-corrected chi connectivity index (χ2v) is 10.5. The molecule has 1 aromatic heterocycles. The minimum absolute atomic E-state index is 0.0531. The first kappa shape index (κ1) is 24.5. The van der Waals surface area contributed by atoms with Crippen LogP contribution in [0.1, 0.15) is 41.3 Å². The molecule has 36 heavy (non-hydrogen) atoms. The Balaban J connectivity index is 1.28. The van der Waals surface area contributed by atoms with E-state index in [0.717, 1.165) is 54.3 Å². The Morgan fingerprint density at radius 1 is 1.03 bits per heavy atom. The van der Waals surface area contributed by atoms with Gasteiger partial charge < -0.3 is 9.47 Å². The van der Waals surface area contributed by atoms with Crippen molar-refractivity contribution < 1.29 is 14.3 Å². The van der Waals surface area contributed by atoms with Gasteiger partial charge in [0.25, 0.3) is 5.91 Å². The lowest BCUT2D eigenvalue weighted by atomic mass is 9.90. The summed E-state index contributed by atoms with van der Waals surface area (Å²) in [5, 5.41) is 8.62. The van der Waals surface area contributed by atoms with Gasteiger partial charge in [0, 0.05) is 22.9 Å². The number of thiophene rings is 1. The lowest BCUT2D eigenvalue weighted by Crippen LogP contribution is -2.42. The Hall–Kier alpha value is -3.16. The fourth-order valence-electron chi connectivity index (χ4n) is 5.20. The van der Waals surface area contributed by atoms with E-state index >= 15 is 0 Å². The van der Waals surface area contributed by atoms with Crippen LogP contribution < -0.4 is 9.47 Å². The smallest absolute Gasteiger partial charge is 0.257 e. The Morgan fingerprint density at radius 2 is 1.83 bits per heavy atom. The molecule has 2 aromatic carbocycles. The molecular formula is C29H33N3O3S. The van der Waals surface area contributed by atoms with Crippen molar-refractivity contribution in [2.24, 2.45) is 11.0 Å². The molecule has 1 saturated heterocycles. The highest BCUT2D eigenvalue weighted by atomic mass is 32.1. The van der Waals surface area contributed by atoms with E-state index in [-0.39, 0.29) is 11.9 Å². The summed E-state index contributed by atoms with van der Waals surface area (Å²) in [5.41, 5.74) is 3.17. The third-order valence-corrected chi connectivity index (χ3v) is 8.16. The van der Waals surface area contributed by atoms with Crippen LogP contribution >= 0.6 is 11.3 Å². The van der Waals surface area contributed by atoms with Crippen molar-refractivity contribution in [2.75, 3.05) is 33.9 Å². The van der Waals surface area contributed by atoms with Crippen LogP contribution in [0, 0.1) is 5.92 Å². The molecule has 1 unspecified atom stereocenters.